The SMILES string of the molecule is CCCCCC(C)(C)S(=O)O. The molecule has 68 valence electrons. The van der Waals surface area contributed by atoms with Crippen molar-refractivity contribution in [3.8, 4) is 0 Å². The molecule has 0 rings (SSSR count). The molecule has 1 atom stereocenters. The zero-order valence-corrected chi connectivity index (χ0v) is 8.41. The number of hydrogen-bond donors (Lipinski definition) is 1. The van der Waals surface area contributed by atoms with Gasteiger partial charge in [0.15, 0.2) is 11.1 Å². The second-order valence-electron chi connectivity index (χ2n) is 3.47. The first-order chi connectivity index (χ1) is 5.00. The summed E-state index contributed by atoms with van der Waals surface area (Å²) in [5, 5.41) is 0. The second kappa shape index (κ2) is 4.88. The molecule has 0 saturated carbocycles. The summed E-state index contributed by atoms with van der Waals surface area (Å²) in [4.78, 5) is 0. The molecule has 11 heavy (non-hydrogen) atoms. The Morgan fingerprint density at radius 1 is 1.36 bits per heavy atom. The minimum Gasteiger partial charge on any atom is -0.306 e. The normalized spacial score (nSPS) is 14.9. The van der Waals surface area contributed by atoms with E-state index >= 15 is 0 Å². The molecule has 0 aromatic carbocycles. The van der Waals surface area contributed by atoms with Crippen LogP contribution in [0.1, 0.15) is 46.5 Å². The van der Waals surface area contributed by atoms with Crippen molar-refractivity contribution in [1.29, 1.82) is 0 Å². The van der Waals surface area contributed by atoms with Crippen molar-refractivity contribution in [2.24, 2.45) is 0 Å². The third-order valence-electron chi connectivity index (χ3n) is 1.86. The Morgan fingerprint density at radius 2 is 1.91 bits per heavy atom. The van der Waals surface area contributed by atoms with E-state index in [1.54, 1.807) is 0 Å². The van der Waals surface area contributed by atoms with Crippen molar-refractivity contribution in [2.45, 2.75) is 51.2 Å². The molecule has 3 heteroatoms. The monoisotopic (exact) mass is 178 g/mol. The van der Waals surface area contributed by atoms with Crippen LogP contribution in [0.25, 0.3) is 0 Å². The lowest BCUT2D eigenvalue weighted by atomic mass is 10.0. The maximum Gasteiger partial charge on any atom is 0.158 e. The van der Waals surface area contributed by atoms with E-state index in [0.29, 0.717) is 0 Å². The number of hydrogen-bond acceptors (Lipinski definition) is 1. The average Bonchev–Trinajstić information content (AvgIpc) is 1.88. The van der Waals surface area contributed by atoms with E-state index in [1.807, 2.05) is 13.8 Å². The van der Waals surface area contributed by atoms with Crippen molar-refractivity contribution in [1.82, 2.24) is 0 Å². The average molecular weight is 178 g/mol. The first kappa shape index (κ1) is 11.1. The lowest BCUT2D eigenvalue weighted by Gasteiger charge is -2.19. The first-order valence-corrected chi connectivity index (χ1v) is 5.22. The number of rotatable bonds is 5. The largest absolute Gasteiger partial charge is 0.306 e. The van der Waals surface area contributed by atoms with Crippen LogP contribution in [0.2, 0.25) is 0 Å². The van der Waals surface area contributed by atoms with Crippen LogP contribution in [0.4, 0.5) is 0 Å². The van der Waals surface area contributed by atoms with Crippen molar-refractivity contribution in [3.05, 3.63) is 0 Å². The molecule has 0 aromatic rings. The summed E-state index contributed by atoms with van der Waals surface area (Å²) in [6.07, 6.45) is 4.20. The quantitative estimate of drug-likeness (QED) is 0.519. The zero-order valence-electron chi connectivity index (χ0n) is 7.59. The summed E-state index contributed by atoms with van der Waals surface area (Å²) in [5.74, 6) is 0. The standard InChI is InChI=1S/C8H18O2S/c1-4-5-6-7-8(2,3)11(9)10/h4-7H2,1-3H3,(H,9,10). The van der Waals surface area contributed by atoms with E-state index in [-0.39, 0.29) is 0 Å². The first-order valence-electron chi connectivity index (χ1n) is 4.11. The summed E-state index contributed by atoms with van der Waals surface area (Å²) >= 11 is -1.68. The summed E-state index contributed by atoms with van der Waals surface area (Å²) in [6, 6.07) is 0. The predicted molar refractivity (Wildman–Crippen MR) is 49.0 cm³/mol. The van der Waals surface area contributed by atoms with Gasteiger partial charge in [0.25, 0.3) is 0 Å². The van der Waals surface area contributed by atoms with E-state index in [1.165, 1.54) is 0 Å². The van der Waals surface area contributed by atoms with Gasteiger partial charge < -0.3 is 4.55 Å². The van der Waals surface area contributed by atoms with Crippen molar-refractivity contribution < 1.29 is 8.76 Å². The van der Waals surface area contributed by atoms with E-state index in [0.717, 1.165) is 25.7 Å². The van der Waals surface area contributed by atoms with Crippen LogP contribution in [-0.4, -0.2) is 13.5 Å². The second-order valence-corrected chi connectivity index (χ2v) is 5.07. The van der Waals surface area contributed by atoms with Gasteiger partial charge in [-0.15, -0.1) is 0 Å². The molecule has 1 N–H and O–H groups in total. The lowest BCUT2D eigenvalue weighted by Crippen LogP contribution is -2.25. The molecule has 0 spiro atoms. The molecule has 0 heterocycles. The Morgan fingerprint density at radius 3 is 2.27 bits per heavy atom. The van der Waals surface area contributed by atoms with Crippen LogP contribution < -0.4 is 0 Å². The van der Waals surface area contributed by atoms with E-state index in [2.05, 4.69) is 6.92 Å². The Balaban J connectivity index is 3.64. The van der Waals surface area contributed by atoms with Crippen LogP contribution in [-0.2, 0) is 11.1 Å². The molecule has 0 fully saturated rings. The van der Waals surface area contributed by atoms with Gasteiger partial charge in [-0.05, 0) is 20.3 Å². The molecule has 0 aromatic heterocycles. The molecule has 0 saturated heterocycles. The molecule has 0 bridgehead atoms. The molecule has 0 radical (unpaired) electrons. The predicted octanol–water partition coefficient (Wildman–Crippen LogP) is 2.57. The van der Waals surface area contributed by atoms with Gasteiger partial charge in [0, 0.05) is 0 Å². The molecule has 2 nitrogen and oxygen atoms in total. The number of unbranched alkanes of at least 4 members (excludes halogenated alkanes) is 2. The van der Waals surface area contributed by atoms with Gasteiger partial charge in [-0.2, -0.15) is 0 Å². The summed E-state index contributed by atoms with van der Waals surface area (Å²) < 4.78 is 19.2. The van der Waals surface area contributed by atoms with E-state index in [4.69, 9.17) is 4.55 Å². The smallest absolute Gasteiger partial charge is 0.158 e. The molecule has 0 aliphatic carbocycles. The highest BCUT2D eigenvalue weighted by Crippen LogP contribution is 2.19. The van der Waals surface area contributed by atoms with E-state index < -0.39 is 15.8 Å². The van der Waals surface area contributed by atoms with E-state index in [9.17, 15) is 4.21 Å². The molecular weight excluding hydrogens is 160 g/mol. The minimum absolute atomic E-state index is 0.421. The van der Waals surface area contributed by atoms with Crippen LogP contribution in [0, 0.1) is 0 Å². The summed E-state index contributed by atoms with van der Waals surface area (Å²) in [5.41, 5.74) is 0. The third-order valence-corrected chi connectivity index (χ3v) is 3.00. The molecular formula is C8H18O2S. The fourth-order valence-electron chi connectivity index (χ4n) is 0.888. The lowest BCUT2D eigenvalue weighted by molar-refractivity contribution is 0.485. The fourth-order valence-corrected chi connectivity index (χ4v) is 1.21. The summed E-state index contributed by atoms with van der Waals surface area (Å²) in [7, 11) is 0. The molecule has 0 aliphatic rings. The third kappa shape index (κ3) is 4.53. The maximum atomic E-state index is 10.7. The van der Waals surface area contributed by atoms with Crippen molar-refractivity contribution >= 4 is 11.1 Å². The highest BCUT2D eigenvalue weighted by Gasteiger charge is 2.23. The van der Waals surface area contributed by atoms with Gasteiger partial charge in [0.05, 0.1) is 4.75 Å². The van der Waals surface area contributed by atoms with Crippen LogP contribution in [0.5, 0.6) is 0 Å². The highest BCUT2D eigenvalue weighted by molar-refractivity contribution is 7.80. The van der Waals surface area contributed by atoms with Gasteiger partial charge in [0.1, 0.15) is 0 Å². The van der Waals surface area contributed by atoms with Crippen molar-refractivity contribution in [2.75, 3.05) is 0 Å². The molecule has 0 amide bonds. The van der Waals surface area contributed by atoms with Gasteiger partial charge in [-0.1, -0.05) is 26.2 Å². The summed E-state index contributed by atoms with van der Waals surface area (Å²) in [6.45, 7) is 5.79. The van der Waals surface area contributed by atoms with Gasteiger partial charge >= 0.3 is 0 Å². The fraction of sp³-hybridized carbons (Fsp3) is 1.00. The minimum atomic E-state index is -1.68. The Kier molecular flexibility index (Phi) is 4.93. The van der Waals surface area contributed by atoms with Gasteiger partial charge in [0.2, 0.25) is 0 Å². The topological polar surface area (TPSA) is 37.3 Å². The van der Waals surface area contributed by atoms with Crippen LogP contribution >= 0.6 is 0 Å². The van der Waals surface area contributed by atoms with Crippen molar-refractivity contribution in [3.63, 3.8) is 0 Å². The van der Waals surface area contributed by atoms with Crippen LogP contribution in [0.15, 0.2) is 0 Å². The van der Waals surface area contributed by atoms with Crippen LogP contribution in [0.3, 0.4) is 0 Å². The molecule has 1 unspecified atom stereocenters. The zero-order chi connectivity index (χ0) is 8.91. The Labute approximate surface area is 71.7 Å². The molecule has 0 aliphatic heterocycles. The van der Waals surface area contributed by atoms with Gasteiger partial charge in [-0.25, -0.2) is 4.21 Å². The maximum absolute atomic E-state index is 10.7. The highest BCUT2D eigenvalue weighted by atomic mass is 32.2. The van der Waals surface area contributed by atoms with Gasteiger partial charge in [-0.3, -0.25) is 0 Å². The Hall–Kier alpha value is 0.110. The Bertz CT molecular complexity index is 132.